The van der Waals surface area contributed by atoms with Crippen LogP contribution in [0.5, 0.6) is 0 Å². The molecule has 0 aromatic rings. The van der Waals surface area contributed by atoms with Gasteiger partial charge in [-0.25, -0.2) is 0 Å². The third-order valence-electron chi connectivity index (χ3n) is 3.18. The molecule has 3 nitrogen and oxygen atoms in total. The summed E-state index contributed by atoms with van der Waals surface area (Å²) in [5.74, 6) is 0. The van der Waals surface area contributed by atoms with Gasteiger partial charge in [0.1, 0.15) is 6.10 Å². The summed E-state index contributed by atoms with van der Waals surface area (Å²) in [5.41, 5.74) is -0.101. The zero-order valence-corrected chi connectivity index (χ0v) is 8.70. The summed E-state index contributed by atoms with van der Waals surface area (Å²) >= 11 is 0. The van der Waals surface area contributed by atoms with E-state index in [1.54, 1.807) is 7.11 Å². The lowest BCUT2D eigenvalue weighted by Crippen LogP contribution is -2.52. The van der Waals surface area contributed by atoms with E-state index < -0.39 is 0 Å². The van der Waals surface area contributed by atoms with Crippen molar-refractivity contribution in [1.29, 1.82) is 0 Å². The Balaban J connectivity index is 2.09. The van der Waals surface area contributed by atoms with Crippen LogP contribution >= 0.6 is 0 Å². The first-order valence-corrected chi connectivity index (χ1v) is 5.27. The van der Waals surface area contributed by atoms with Crippen LogP contribution in [-0.4, -0.2) is 38.6 Å². The van der Waals surface area contributed by atoms with Gasteiger partial charge in [-0.2, -0.15) is 0 Å². The summed E-state index contributed by atoms with van der Waals surface area (Å²) in [5, 5.41) is 0. The molecule has 3 heteroatoms. The molecule has 0 saturated carbocycles. The summed E-state index contributed by atoms with van der Waals surface area (Å²) in [7, 11) is 1.74. The van der Waals surface area contributed by atoms with Crippen LogP contribution in [0.1, 0.15) is 19.3 Å². The maximum Gasteiger partial charge on any atom is 0.109 e. The Morgan fingerprint density at radius 1 is 1.36 bits per heavy atom. The van der Waals surface area contributed by atoms with Gasteiger partial charge >= 0.3 is 0 Å². The van der Waals surface area contributed by atoms with Gasteiger partial charge in [0.05, 0.1) is 18.8 Å². The molecule has 0 radical (unpaired) electrons. The predicted octanol–water partition coefficient (Wildman–Crippen LogP) is 1.53. The largest absolute Gasteiger partial charge is 0.379 e. The third-order valence-corrected chi connectivity index (χ3v) is 3.18. The van der Waals surface area contributed by atoms with Crippen LogP contribution in [0, 0.1) is 0 Å². The maximum absolute atomic E-state index is 5.94. The topological polar surface area (TPSA) is 27.7 Å². The molecule has 80 valence electrons. The van der Waals surface area contributed by atoms with Gasteiger partial charge in [0.2, 0.25) is 0 Å². The number of ether oxygens (including phenoxy) is 3. The van der Waals surface area contributed by atoms with E-state index in [9.17, 15) is 0 Å². The predicted molar refractivity (Wildman–Crippen MR) is 53.3 cm³/mol. The molecular weight excluding hydrogens is 180 g/mol. The highest BCUT2D eigenvalue weighted by atomic mass is 16.6. The molecule has 0 aromatic heterocycles. The second kappa shape index (κ2) is 4.43. The molecule has 0 aliphatic carbocycles. The van der Waals surface area contributed by atoms with Crippen LogP contribution < -0.4 is 0 Å². The maximum atomic E-state index is 5.94. The molecule has 1 fully saturated rings. The van der Waals surface area contributed by atoms with E-state index in [2.05, 4.69) is 12.2 Å². The van der Waals surface area contributed by atoms with Crippen LogP contribution in [0.15, 0.2) is 12.2 Å². The zero-order chi connectivity index (χ0) is 9.86. The fourth-order valence-corrected chi connectivity index (χ4v) is 2.28. The van der Waals surface area contributed by atoms with Crippen LogP contribution in [-0.2, 0) is 14.2 Å². The summed E-state index contributed by atoms with van der Waals surface area (Å²) in [4.78, 5) is 0. The van der Waals surface area contributed by atoms with E-state index in [1.807, 2.05) is 0 Å². The number of allylic oxidation sites excluding steroid dienone is 1. The molecule has 1 saturated heterocycles. The van der Waals surface area contributed by atoms with Crippen LogP contribution in [0.25, 0.3) is 0 Å². The lowest BCUT2D eigenvalue weighted by Gasteiger charge is -2.42. The highest BCUT2D eigenvalue weighted by Crippen LogP contribution is 2.33. The second-order valence-electron chi connectivity index (χ2n) is 3.94. The summed E-state index contributed by atoms with van der Waals surface area (Å²) in [6.45, 7) is 2.16. The van der Waals surface area contributed by atoms with Gasteiger partial charge in [-0.15, -0.1) is 0 Å². The molecule has 2 aliphatic heterocycles. The quantitative estimate of drug-likeness (QED) is 0.598. The Labute approximate surface area is 85.0 Å². The van der Waals surface area contributed by atoms with Crippen molar-refractivity contribution in [2.75, 3.05) is 26.9 Å². The standard InChI is InChI=1S/C11H18O3/c1-12-10-9-13-8-6-11(10)5-3-2-4-7-14-11/h2,4,10H,3,5-9H2,1H3. The van der Waals surface area contributed by atoms with Crippen LogP contribution in [0.2, 0.25) is 0 Å². The number of hydrogen-bond donors (Lipinski definition) is 0. The smallest absolute Gasteiger partial charge is 0.109 e. The van der Waals surface area contributed by atoms with Gasteiger partial charge in [0.25, 0.3) is 0 Å². The molecule has 2 aliphatic rings. The Morgan fingerprint density at radius 2 is 2.29 bits per heavy atom. The summed E-state index contributed by atoms with van der Waals surface area (Å²) in [6, 6.07) is 0. The molecule has 2 heterocycles. The highest BCUT2D eigenvalue weighted by molar-refractivity contribution is 4.98. The van der Waals surface area contributed by atoms with Crippen molar-refractivity contribution >= 4 is 0 Å². The lowest BCUT2D eigenvalue weighted by molar-refractivity contribution is -0.188. The number of rotatable bonds is 1. The zero-order valence-electron chi connectivity index (χ0n) is 8.70. The Hall–Kier alpha value is -0.380. The summed E-state index contributed by atoms with van der Waals surface area (Å²) < 4.78 is 16.8. The SMILES string of the molecule is COC1COCCC12CCC=CCO2. The van der Waals surface area contributed by atoms with Crippen LogP contribution in [0.4, 0.5) is 0 Å². The van der Waals surface area contributed by atoms with Gasteiger partial charge in [-0.1, -0.05) is 12.2 Å². The Kier molecular flexibility index (Phi) is 3.21. The van der Waals surface area contributed by atoms with Crippen molar-refractivity contribution in [2.24, 2.45) is 0 Å². The average molecular weight is 198 g/mol. The van der Waals surface area contributed by atoms with Gasteiger partial charge < -0.3 is 14.2 Å². The molecule has 0 aromatic carbocycles. The fourth-order valence-electron chi connectivity index (χ4n) is 2.28. The molecule has 14 heavy (non-hydrogen) atoms. The molecule has 0 amide bonds. The number of hydrogen-bond acceptors (Lipinski definition) is 3. The summed E-state index contributed by atoms with van der Waals surface area (Å²) in [6.07, 6.45) is 7.46. The van der Waals surface area contributed by atoms with E-state index in [0.29, 0.717) is 13.2 Å². The van der Waals surface area contributed by atoms with Gasteiger partial charge in [-0.3, -0.25) is 0 Å². The number of methoxy groups -OCH3 is 1. The van der Waals surface area contributed by atoms with E-state index >= 15 is 0 Å². The van der Waals surface area contributed by atoms with E-state index in [0.717, 1.165) is 25.9 Å². The monoisotopic (exact) mass is 198 g/mol. The lowest BCUT2D eigenvalue weighted by atomic mass is 9.86. The Morgan fingerprint density at radius 3 is 3.14 bits per heavy atom. The molecule has 0 N–H and O–H groups in total. The van der Waals surface area contributed by atoms with E-state index in [-0.39, 0.29) is 11.7 Å². The molecular formula is C11H18O3. The van der Waals surface area contributed by atoms with Gasteiger partial charge in [0, 0.05) is 20.1 Å². The highest BCUT2D eigenvalue weighted by Gasteiger charge is 2.42. The van der Waals surface area contributed by atoms with E-state index in [1.165, 1.54) is 0 Å². The Bertz CT molecular complexity index is 203. The minimum absolute atomic E-state index is 0.0937. The van der Waals surface area contributed by atoms with E-state index in [4.69, 9.17) is 14.2 Å². The third kappa shape index (κ3) is 1.85. The molecule has 1 spiro atoms. The van der Waals surface area contributed by atoms with Crippen molar-refractivity contribution in [3.05, 3.63) is 12.2 Å². The molecule has 2 atom stereocenters. The van der Waals surface area contributed by atoms with Crippen molar-refractivity contribution in [1.82, 2.24) is 0 Å². The molecule has 2 rings (SSSR count). The van der Waals surface area contributed by atoms with Crippen molar-refractivity contribution in [3.63, 3.8) is 0 Å². The normalized spacial score (nSPS) is 38.5. The fraction of sp³-hybridized carbons (Fsp3) is 0.818. The van der Waals surface area contributed by atoms with Crippen LogP contribution in [0.3, 0.4) is 0 Å². The average Bonchev–Trinajstić information content (AvgIpc) is 2.45. The van der Waals surface area contributed by atoms with Gasteiger partial charge in [0.15, 0.2) is 0 Å². The molecule has 0 bridgehead atoms. The van der Waals surface area contributed by atoms with Crippen molar-refractivity contribution in [2.45, 2.75) is 31.0 Å². The van der Waals surface area contributed by atoms with Crippen molar-refractivity contribution < 1.29 is 14.2 Å². The molecule has 2 unspecified atom stereocenters. The van der Waals surface area contributed by atoms with Crippen molar-refractivity contribution in [3.8, 4) is 0 Å². The second-order valence-corrected chi connectivity index (χ2v) is 3.94. The first-order valence-electron chi connectivity index (χ1n) is 5.27. The minimum atomic E-state index is -0.101. The first-order chi connectivity index (χ1) is 6.87. The first kappa shape index (κ1) is 10.1. The minimum Gasteiger partial charge on any atom is -0.379 e. The van der Waals surface area contributed by atoms with Gasteiger partial charge in [-0.05, 0) is 12.8 Å².